The van der Waals surface area contributed by atoms with Crippen LogP contribution in [0.25, 0.3) is 0 Å². The molecule has 0 saturated carbocycles. The van der Waals surface area contributed by atoms with Gasteiger partial charge < -0.3 is 10.5 Å². The van der Waals surface area contributed by atoms with E-state index >= 15 is 0 Å². The number of nitrogens with two attached hydrogens (primary N) is 1. The lowest BCUT2D eigenvalue weighted by Gasteiger charge is -2.15. The zero-order valence-corrected chi connectivity index (χ0v) is 13.2. The van der Waals surface area contributed by atoms with E-state index in [9.17, 15) is 4.79 Å². The Balaban J connectivity index is 1.50. The third kappa shape index (κ3) is 4.33. The standard InChI is InChI=1S/C19H22N2O2/c20-19(22)17-10-11-21(13-17)12-15-6-8-18(9-7-15)23-14-16-4-2-1-3-5-16/h1-9,17H,10-14H2,(H2,20,22)/t17-/m1/s1. The van der Waals surface area contributed by atoms with Gasteiger partial charge in [0.2, 0.25) is 5.91 Å². The molecule has 4 nitrogen and oxygen atoms in total. The fourth-order valence-electron chi connectivity index (χ4n) is 2.90. The Bertz CT molecular complexity index is 640. The van der Waals surface area contributed by atoms with E-state index in [2.05, 4.69) is 29.2 Å². The summed E-state index contributed by atoms with van der Waals surface area (Å²) >= 11 is 0. The quantitative estimate of drug-likeness (QED) is 0.892. The molecule has 0 aromatic heterocycles. The third-order valence-electron chi connectivity index (χ3n) is 4.25. The summed E-state index contributed by atoms with van der Waals surface area (Å²) < 4.78 is 5.79. The summed E-state index contributed by atoms with van der Waals surface area (Å²) in [6.45, 7) is 3.12. The number of primary amides is 1. The van der Waals surface area contributed by atoms with E-state index < -0.39 is 0 Å². The second kappa shape index (κ2) is 7.29. The van der Waals surface area contributed by atoms with Gasteiger partial charge in [-0.25, -0.2) is 0 Å². The van der Waals surface area contributed by atoms with Crippen LogP contribution in [-0.4, -0.2) is 23.9 Å². The van der Waals surface area contributed by atoms with Crippen LogP contribution in [0.3, 0.4) is 0 Å². The lowest BCUT2D eigenvalue weighted by molar-refractivity contribution is -0.121. The number of amides is 1. The topological polar surface area (TPSA) is 55.6 Å². The summed E-state index contributed by atoms with van der Waals surface area (Å²) in [6.07, 6.45) is 0.869. The molecule has 2 aromatic carbocycles. The van der Waals surface area contributed by atoms with Crippen molar-refractivity contribution in [3.05, 3.63) is 65.7 Å². The number of rotatable bonds is 6. The molecule has 1 aliphatic rings. The highest BCUT2D eigenvalue weighted by Crippen LogP contribution is 2.20. The molecule has 0 aliphatic carbocycles. The van der Waals surface area contributed by atoms with Crippen LogP contribution in [0.5, 0.6) is 5.75 Å². The lowest BCUT2D eigenvalue weighted by Crippen LogP contribution is -2.27. The molecule has 1 aliphatic heterocycles. The third-order valence-corrected chi connectivity index (χ3v) is 4.25. The minimum absolute atomic E-state index is 0.00322. The van der Waals surface area contributed by atoms with Crippen molar-refractivity contribution in [1.82, 2.24) is 4.90 Å². The lowest BCUT2D eigenvalue weighted by atomic mass is 10.1. The van der Waals surface area contributed by atoms with Crippen molar-refractivity contribution < 1.29 is 9.53 Å². The summed E-state index contributed by atoms with van der Waals surface area (Å²) in [6, 6.07) is 18.3. The van der Waals surface area contributed by atoms with E-state index in [1.165, 1.54) is 5.56 Å². The fraction of sp³-hybridized carbons (Fsp3) is 0.316. The first-order valence-corrected chi connectivity index (χ1v) is 7.98. The van der Waals surface area contributed by atoms with Crippen molar-refractivity contribution in [3.63, 3.8) is 0 Å². The molecule has 2 N–H and O–H groups in total. The minimum atomic E-state index is -0.183. The molecule has 0 unspecified atom stereocenters. The number of carbonyl (C=O) groups is 1. The second-order valence-electron chi connectivity index (χ2n) is 6.04. The van der Waals surface area contributed by atoms with Gasteiger partial charge in [0.05, 0.1) is 5.92 Å². The van der Waals surface area contributed by atoms with Crippen LogP contribution < -0.4 is 10.5 Å². The molecule has 23 heavy (non-hydrogen) atoms. The Labute approximate surface area is 136 Å². The van der Waals surface area contributed by atoms with Crippen molar-refractivity contribution in [1.29, 1.82) is 0 Å². The maximum absolute atomic E-state index is 11.2. The molecule has 2 aromatic rings. The molecule has 1 fully saturated rings. The largest absolute Gasteiger partial charge is 0.489 e. The van der Waals surface area contributed by atoms with Gasteiger partial charge in [0.1, 0.15) is 12.4 Å². The molecular formula is C19H22N2O2. The van der Waals surface area contributed by atoms with Crippen LogP contribution in [0.15, 0.2) is 54.6 Å². The Hall–Kier alpha value is -2.33. The van der Waals surface area contributed by atoms with E-state index in [1.807, 2.05) is 30.3 Å². The van der Waals surface area contributed by atoms with Crippen molar-refractivity contribution >= 4 is 5.91 Å². The average molecular weight is 310 g/mol. The molecule has 0 bridgehead atoms. The molecule has 4 heteroatoms. The average Bonchev–Trinajstić information content (AvgIpc) is 3.04. The smallest absolute Gasteiger partial charge is 0.221 e. The van der Waals surface area contributed by atoms with Gasteiger partial charge >= 0.3 is 0 Å². The van der Waals surface area contributed by atoms with Crippen molar-refractivity contribution in [2.75, 3.05) is 13.1 Å². The van der Waals surface area contributed by atoms with Crippen molar-refractivity contribution in [2.45, 2.75) is 19.6 Å². The van der Waals surface area contributed by atoms with Gasteiger partial charge in [0.15, 0.2) is 0 Å². The Morgan fingerprint density at radius 3 is 2.48 bits per heavy atom. The number of benzene rings is 2. The van der Waals surface area contributed by atoms with Crippen molar-refractivity contribution in [3.8, 4) is 5.75 Å². The summed E-state index contributed by atoms with van der Waals surface area (Å²) in [7, 11) is 0. The van der Waals surface area contributed by atoms with E-state index in [0.717, 1.165) is 37.4 Å². The number of likely N-dealkylation sites (tertiary alicyclic amines) is 1. The Kier molecular flexibility index (Phi) is 4.93. The maximum Gasteiger partial charge on any atom is 0.221 e. The first-order chi connectivity index (χ1) is 11.2. The van der Waals surface area contributed by atoms with Gasteiger partial charge in [0, 0.05) is 13.1 Å². The van der Waals surface area contributed by atoms with Gasteiger partial charge in [0.25, 0.3) is 0 Å². The van der Waals surface area contributed by atoms with Crippen molar-refractivity contribution in [2.24, 2.45) is 11.7 Å². The normalized spacial score (nSPS) is 18.0. The molecule has 0 radical (unpaired) electrons. The van der Waals surface area contributed by atoms with Crippen LogP contribution >= 0.6 is 0 Å². The number of carbonyl (C=O) groups excluding carboxylic acids is 1. The SMILES string of the molecule is NC(=O)[C@@H]1CCN(Cc2ccc(OCc3ccccc3)cc2)C1. The molecule has 120 valence electrons. The minimum Gasteiger partial charge on any atom is -0.489 e. The van der Waals surface area contributed by atoms with Crippen LogP contribution in [-0.2, 0) is 17.9 Å². The summed E-state index contributed by atoms with van der Waals surface area (Å²) in [5.41, 5.74) is 7.76. The summed E-state index contributed by atoms with van der Waals surface area (Å²) in [5, 5.41) is 0. The van der Waals surface area contributed by atoms with Gasteiger partial charge in [-0.05, 0) is 36.2 Å². The van der Waals surface area contributed by atoms with Gasteiger partial charge in [-0.2, -0.15) is 0 Å². The molecule has 1 amide bonds. The van der Waals surface area contributed by atoms with E-state index in [-0.39, 0.29) is 11.8 Å². The predicted molar refractivity (Wildman–Crippen MR) is 89.8 cm³/mol. The molecule has 1 atom stereocenters. The van der Waals surface area contributed by atoms with Crippen LogP contribution in [0.2, 0.25) is 0 Å². The molecule has 1 heterocycles. The fourth-order valence-corrected chi connectivity index (χ4v) is 2.90. The zero-order valence-electron chi connectivity index (χ0n) is 13.2. The van der Waals surface area contributed by atoms with Gasteiger partial charge in [-0.15, -0.1) is 0 Å². The van der Waals surface area contributed by atoms with Gasteiger partial charge in [-0.1, -0.05) is 42.5 Å². The highest BCUT2D eigenvalue weighted by Gasteiger charge is 2.26. The molecule has 1 saturated heterocycles. The number of hydrogen-bond donors (Lipinski definition) is 1. The highest BCUT2D eigenvalue weighted by atomic mass is 16.5. The number of nitrogens with zero attached hydrogens (tertiary/aromatic N) is 1. The maximum atomic E-state index is 11.2. The highest BCUT2D eigenvalue weighted by molar-refractivity contribution is 5.77. The number of ether oxygens (including phenoxy) is 1. The van der Waals surface area contributed by atoms with E-state index in [0.29, 0.717) is 6.61 Å². The second-order valence-corrected chi connectivity index (χ2v) is 6.04. The van der Waals surface area contributed by atoms with Crippen LogP contribution in [0.4, 0.5) is 0 Å². The Morgan fingerprint density at radius 1 is 1.09 bits per heavy atom. The first kappa shape index (κ1) is 15.6. The molecule has 0 spiro atoms. The predicted octanol–water partition coefficient (Wildman–Crippen LogP) is 2.57. The van der Waals surface area contributed by atoms with Crippen LogP contribution in [0, 0.1) is 5.92 Å². The van der Waals surface area contributed by atoms with Crippen LogP contribution in [0.1, 0.15) is 17.5 Å². The Morgan fingerprint density at radius 2 is 1.83 bits per heavy atom. The molecular weight excluding hydrogens is 288 g/mol. The van der Waals surface area contributed by atoms with E-state index in [1.54, 1.807) is 0 Å². The summed E-state index contributed by atoms with van der Waals surface area (Å²) in [4.78, 5) is 13.5. The first-order valence-electron chi connectivity index (χ1n) is 7.98. The number of hydrogen-bond acceptors (Lipinski definition) is 3. The molecule has 3 rings (SSSR count). The van der Waals surface area contributed by atoms with E-state index in [4.69, 9.17) is 10.5 Å². The van der Waals surface area contributed by atoms with Gasteiger partial charge in [-0.3, -0.25) is 9.69 Å². The monoisotopic (exact) mass is 310 g/mol. The zero-order chi connectivity index (χ0) is 16.1. The summed E-state index contributed by atoms with van der Waals surface area (Å²) in [5.74, 6) is 0.690.